The number of aromatic amines is 1. The molecule has 2 aliphatic rings. The normalized spacial score (nSPS) is 19.4. The van der Waals surface area contributed by atoms with E-state index in [1.54, 1.807) is 0 Å². The lowest BCUT2D eigenvalue weighted by molar-refractivity contribution is 0.117. The lowest BCUT2D eigenvalue weighted by atomic mass is 10.1. The van der Waals surface area contributed by atoms with Crippen molar-refractivity contribution in [2.45, 2.75) is 53.0 Å². The van der Waals surface area contributed by atoms with E-state index in [0.717, 1.165) is 31.4 Å². The van der Waals surface area contributed by atoms with Crippen LogP contribution in [0.25, 0.3) is 0 Å². The molecule has 1 aromatic rings. The molecular formula is C14H23N5OS. The maximum absolute atomic E-state index is 12.3. The minimum Gasteiger partial charge on any atom is -0.331 e. The average molecular weight is 309 g/mol. The Balaban J connectivity index is 2.14. The van der Waals surface area contributed by atoms with Gasteiger partial charge in [-0.15, -0.1) is 0 Å². The Labute approximate surface area is 130 Å². The van der Waals surface area contributed by atoms with Crippen molar-refractivity contribution < 1.29 is 0 Å². The largest absolute Gasteiger partial charge is 0.331 e. The van der Waals surface area contributed by atoms with Gasteiger partial charge in [-0.1, -0.05) is 0 Å². The molecule has 0 atom stereocenters. The third-order valence-corrected chi connectivity index (χ3v) is 4.74. The first kappa shape index (κ1) is 14.7. The van der Waals surface area contributed by atoms with E-state index in [9.17, 15) is 4.79 Å². The lowest BCUT2D eigenvalue weighted by Crippen LogP contribution is -2.56. The molecule has 0 spiro atoms. The number of nitrogens with one attached hydrogen (secondary N) is 1. The van der Waals surface area contributed by atoms with Crippen LogP contribution in [0.15, 0.2) is 4.79 Å². The highest BCUT2D eigenvalue weighted by Gasteiger charge is 2.33. The van der Waals surface area contributed by atoms with E-state index in [-0.39, 0.29) is 5.56 Å². The molecule has 3 heterocycles. The topological polar surface area (TPSA) is 47.5 Å². The molecular weight excluding hydrogens is 286 g/mol. The van der Waals surface area contributed by atoms with E-state index in [1.165, 1.54) is 0 Å². The maximum Gasteiger partial charge on any atom is 0.258 e. The van der Waals surface area contributed by atoms with Crippen molar-refractivity contribution in [3.63, 3.8) is 0 Å². The van der Waals surface area contributed by atoms with E-state index in [2.05, 4.69) is 51.9 Å². The molecule has 0 fully saturated rings. The SMILES string of the molecule is CC(C)N1Cc2c3n(c(=S)[nH]c2=O)CN(C(C)C)CN3C1. The number of aromatic nitrogens is 2. The van der Waals surface area contributed by atoms with Crippen molar-refractivity contribution in [1.29, 1.82) is 0 Å². The zero-order valence-corrected chi connectivity index (χ0v) is 13.9. The van der Waals surface area contributed by atoms with E-state index in [1.807, 2.05) is 0 Å². The van der Waals surface area contributed by atoms with Crippen molar-refractivity contribution >= 4 is 18.0 Å². The summed E-state index contributed by atoms with van der Waals surface area (Å²) in [6, 6.07) is 0.841. The van der Waals surface area contributed by atoms with Crippen molar-refractivity contribution in [3.05, 3.63) is 20.7 Å². The van der Waals surface area contributed by atoms with Crippen LogP contribution in [0.2, 0.25) is 0 Å². The van der Waals surface area contributed by atoms with Gasteiger partial charge in [-0.3, -0.25) is 24.1 Å². The minimum absolute atomic E-state index is 0.0420. The predicted molar refractivity (Wildman–Crippen MR) is 85.8 cm³/mol. The van der Waals surface area contributed by atoms with Crippen LogP contribution in [0.3, 0.4) is 0 Å². The van der Waals surface area contributed by atoms with Gasteiger partial charge in [0, 0.05) is 18.6 Å². The zero-order chi connectivity index (χ0) is 15.3. The molecule has 2 aliphatic heterocycles. The summed E-state index contributed by atoms with van der Waals surface area (Å²) in [4.78, 5) is 22.1. The fourth-order valence-corrected chi connectivity index (χ4v) is 3.24. The van der Waals surface area contributed by atoms with Crippen LogP contribution in [0, 0.1) is 4.77 Å². The average Bonchev–Trinajstić information content (AvgIpc) is 2.43. The summed E-state index contributed by atoms with van der Waals surface area (Å²) >= 11 is 5.37. The molecule has 1 N–H and O–H groups in total. The molecule has 0 aliphatic carbocycles. The van der Waals surface area contributed by atoms with E-state index in [4.69, 9.17) is 12.2 Å². The summed E-state index contributed by atoms with van der Waals surface area (Å²) in [5, 5.41) is 0. The maximum atomic E-state index is 12.3. The quantitative estimate of drug-likeness (QED) is 0.840. The number of rotatable bonds is 2. The van der Waals surface area contributed by atoms with E-state index in [0.29, 0.717) is 23.4 Å². The number of hydrogen-bond acceptors (Lipinski definition) is 5. The van der Waals surface area contributed by atoms with Crippen molar-refractivity contribution in [3.8, 4) is 0 Å². The first-order valence-corrected chi connectivity index (χ1v) is 7.88. The highest BCUT2D eigenvalue weighted by molar-refractivity contribution is 7.71. The fourth-order valence-electron chi connectivity index (χ4n) is 3.01. The Morgan fingerprint density at radius 1 is 1.05 bits per heavy atom. The third-order valence-electron chi connectivity index (χ3n) is 4.41. The molecule has 21 heavy (non-hydrogen) atoms. The van der Waals surface area contributed by atoms with Gasteiger partial charge in [-0.05, 0) is 39.9 Å². The second-order valence-corrected chi connectivity index (χ2v) is 6.86. The van der Waals surface area contributed by atoms with Gasteiger partial charge >= 0.3 is 0 Å². The van der Waals surface area contributed by atoms with Crippen LogP contribution < -0.4 is 10.5 Å². The summed E-state index contributed by atoms with van der Waals surface area (Å²) in [5.74, 6) is 1.01. The molecule has 0 radical (unpaired) electrons. The Hall–Kier alpha value is -1.18. The van der Waals surface area contributed by atoms with Gasteiger partial charge in [0.15, 0.2) is 4.77 Å². The summed E-state index contributed by atoms with van der Waals surface area (Å²) in [6.07, 6.45) is 0. The Bertz CT molecular complexity index is 610. The molecule has 7 heteroatoms. The van der Waals surface area contributed by atoms with Crippen molar-refractivity contribution in [2.24, 2.45) is 0 Å². The predicted octanol–water partition coefficient (Wildman–Crippen LogP) is 1.53. The molecule has 0 aromatic carbocycles. The summed E-state index contributed by atoms with van der Waals surface area (Å²) in [5.41, 5.74) is 0.798. The van der Waals surface area contributed by atoms with Gasteiger partial charge in [-0.2, -0.15) is 0 Å². The van der Waals surface area contributed by atoms with Gasteiger partial charge in [-0.25, -0.2) is 0 Å². The van der Waals surface area contributed by atoms with E-state index < -0.39 is 0 Å². The molecule has 0 unspecified atom stereocenters. The summed E-state index contributed by atoms with van der Waals surface area (Å²) < 4.78 is 2.58. The highest BCUT2D eigenvalue weighted by atomic mass is 32.1. The molecule has 0 saturated heterocycles. The lowest BCUT2D eigenvalue weighted by Gasteiger charge is -2.47. The van der Waals surface area contributed by atoms with Crippen LogP contribution in [-0.2, 0) is 13.2 Å². The smallest absolute Gasteiger partial charge is 0.258 e. The van der Waals surface area contributed by atoms with Crippen LogP contribution in [0.5, 0.6) is 0 Å². The Morgan fingerprint density at radius 3 is 2.29 bits per heavy atom. The van der Waals surface area contributed by atoms with Crippen LogP contribution in [0.1, 0.15) is 33.3 Å². The van der Waals surface area contributed by atoms with Gasteiger partial charge in [0.2, 0.25) is 0 Å². The molecule has 116 valence electrons. The monoisotopic (exact) mass is 309 g/mol. The first-order chi connectivity index (χ1) is 9.88. The van der Waals surface area contributed by atoms with Gasteiger partial charge in [0.25, 0.3) is 5.56 Å². The standard InChI is InChI=1S/C14H23N5OS/c1-9(2)16-5-11-12(20)15-14(21)19-8-17(10(3)4)7-18(6-16)13(11)19/h9-10H,5-8H2,1-4H3,(H,15,20,21). The number of H-pyrrole nitrogens is 1. The minimum atomic E-state index is -0.0420. The van der Waals surface area contributed by atoms with Gasteiger partial charge < -0.3 is 4.90 Å². The molecule has 0 bridgehead atoms. The number of nitrogens with zero attached hydrogens (tertiary/aromatic N) is 4. The molecule has 0 amide bonds. The van der Waals surface area contributed by atoms with E-state index >= 15 is 0 Å². The van der Waals surface area contributed by atoms with Crippen molar-refractivity contribution in [2.75, 3.05) is 18.2 Å². The van der Waals surface area contributed by atoms with Crippen molar-refractivity contribution in [1.82, 2.24) is 19.4 Å². The summed E-state index contributed by atoms with van der Waals surface area (Å²) in [7, 11) is 0. The van der Waals surface area contributed by atoms with Crippen LogP contribution >= 0.6 is 12.2 Å². The second-order valence-electron chi connectivity index (χ2n) is 6.48. The van der Waals surface area contributed by atoms with Gasteiger partial charge in [0.05, 0.1) is 25.6 Å². The Morgan fingerprint density at radius 2 is 1.67 bits per heavy atom. The van der Waals surface area contributed by atoms with Crippen LogP contribution in [-0.4, -0.2) is 44.8 Å². The zero-order valence-electron chi connectivity index (χ0n) is 13.1. The van der Waals surface area contributed by atoms with Gasteiger partial charge in [0.1, 0.15) is 5.82 Å². The molecule has 0 saturated carbocycles. The van der Waals surface area contributed by atoms with Crippen LogP contribution in [0.4, 0.5) is 5.82 Å². The second kappa shape index (κ2) is 5.23. The third kappa shape index (κ3) is 2.43. The number of anilines is 1. The first-order valence-electron chi connectivity index (χ1n) is 7.47. The summed E-state index contributed by atoms with van der Waals surface area (Å²) in [6.45, 7) is 11.8. The number of hydrogen-bond donors (Lipinski definition) is 1. The molecule has 3 rings (SSSR count). The highest BCUT2D eigenvalue weighted by Crippen LogP contribution is 2.30. The molecule has 6 nitrogen and oxygen atoms in total. The Kier molecular flexibility index (Phi) is 3.67. The molecule has 1 aromatic heterocycles. The fraction of sp³-hybridized carbons (Fsp3) is 0.714.